The second-order valence-electron chi connectivity index (χ2n) is 5.44. The van der Waals surface area contributed by atoms with Crippen LogP contribution in [0.15, 0.2) is 18.3 Å². The van der Waals surface area contributed by atoms with Crippen molar-refractivity contribution in [3.05, 3.63) is 24.0 Å². The highest BCUT2D eigenvalue weighted by atomic mass is 16.5. The number of hydrogen-bond acceptors (Lipinski definition) is 5. The van der Waals surface area contributed by atoms with Crippen LogP contribution in [0.3, 0.4) is 0 Å². The smallest absolute Gasteiger partial charge is 0.269 e. The number of nitrogens with zero attached hydrogens (tertiary/aromatic N) is 2. The largest absolute Gasteiger partial charge is 0.383 e. The van der Waals surface area contributed by atoms with E-state index in [4.69, 9.17) is 4.74 Å². The van der Waals surface area contributed by atoms with Gasteiger partial charge in [0.25, 0.3) is 5.91 Å². The second-order valence-corrected chi connectivity index (χ2v) is 5.44. The lowest BCUT2D eigenvalue weighted by Gasteiger charge is -2.26. The summed E-state index contributed by atoms with van der Waals surface area (Å²) >= 11 is 0. The van der Waals surface area contributed by atoms with Crippen LogP contribution in [-0.2, 0) is 4.74 Å². The van der Waals surface area contributed by atoms with Gasteiger partial charge in [0.15, 0.2) is 0 Å². The van der Waals surface area contributed by atoms with Gasteiger partial charge >= 0.3 is 0 Å². The molecule has 0 unspecified atom stereocenters. The Bertz CT molecular complexity index is 459. The van der Waals surface area contributed by atoms with Gasteiger partial charge in [-0.3, -0.25) is 14.7 Å². The normalized spacial score (nSPS) is 16.0. The van der Waals surface area contributed by atoms with Crippen LogP contribution in [-0.4, -0.2) is 61.2 Å². The number of carbonyl (C=O) groups is 1. The monoisotopic (exact) mass is 292 g/mol. The van der Waals surface area contributed by atoms with E-state index in [1.54, 1.807) is 12.3 Å². The summed E-state index contributed by atoms with van der Waals surface area (Å²) in [6, 6.07) is 3.97. The Morgan fingerprint density at radius 1 is 1.43 bits per heavy atom. The topological polar surface area (TPSA) is 66.5 Å². The molecule has 2 rings (SSSR count). The molecule has 0 radical (unpaired) electrons. The van der Waals surface area contributed by atoms with Crippen molar-refractivity contribution < 1.29 is 9.53 Å². The molecule has 2 heterocycles. The molecule has 116 valence electrons. The fraction of sp³-hybridized carbons (Fsp3) is 0.600. The Hall–Kier alpha value is -1.66. The Morgan fingerprint density at radius 2 is 2.19 bits per heavy atom. The van der Waals surface area contributed by atoms with Gasteiger partial charge in [0, 0.05) is 44.1 Å². The molecule has 0 atom stereocenters. The van der Waals surface area contributed by atoms with Crippen LogP contribution in [0.2, 0.25) is 0 Å². The first kappa shape index (κ1) is 15.7. The fourth-order valence-corrected chi connectivity index (χ4v) is 2.22. The van der Waals surface area contributed by atoms with E-state index in [1.165, 1.54) is 0 Å². The van der Waals surface area contributed by atoms with Crippen molar-refractivity contribution in [1.82, 2.24) is 15.2 Å². The number of hydrogen-bond donors (Lipinski definition) is 2. The van der Waals surface area contributed by atoms with Crippen LogP contribution >= 0.6 is 0 Å². The number of nitrogens with one attached hydrogen (secondary N) is 2. The third-order valence-corrected chi connectivity index (χ3v) is 3.27. The van der Waals surface area contributed by atoms with Gasteiger partial charge in [-0.05, 0) is 26.0 Å². The number of amides is 1. The van der Waals surface area contributed by atoms with Crippen LogP contribution in [0.25, 0.3) is 0 Å². The van der Waals surface area contributed by atoms with Crippen molar-refractivity contribution in [3.63, 3.8) is 0 Å². The zero-order chi connectivity index (χ0) is 15.1. The minimum Gasteiger partial charge on any atom is -0.383 e. The molecule has 0 aromatic carbocycles. The van der Waals surface area contributed by atoms with Crippen molar-refractivity contribution in [2.24, 2.45) is 0 Å². The maximum Gasteiger partial charge on any atom is 0.269 e. The first-order valence-corrected chi connectivity index (χ1v) is 7.46. The van der Waals surface area contributed by atoms with E-state index in [9.17, 15) is 4.79 Å². The molecule has 21 heavy (non-hydrogen) atoms. The maximum absolute atomic E-state index is 12.1. The van der Waals surface area contributed by atoms with Gasteiger partial charge < -0.3 is 15.4 Å². The predicted octanol–water partition coefficient (Wildman–Crippen LogP) is 0.964. The van der Waals surface area contributed by atoms with Crippen molar-refractivity contribution in [2.75, 3.05) is 44.7 Å². The SMILES string of the molecule is CC(C)Nc1ccnc(C(=O)NCCN2CCOCC2)c1. The molecule has 0 aliphatic carbocycles. The van der Waals surface area contributed by atoms with Gasteiger partial charge in [0.05, 0.1) is 13.2 Å². The molecule has 1 amide bonds. The highest BCUT2D eigenvalue weighted by Gasteiger charge is 2.11. The maximum atomic E-state index is 12.1. The van der Waals surface area contributed by atoms with E-state index in [1.807, 2.05) is 6.07 Å². The quantitative estimate of drug-likeness (QED) is 0.817. The lowest BCUT2D eigenvalue weighted by atomic mass is 10.2. The van der Waals surface area contributed by atoms with Crippen LogP contribution < -0.4 is 10.6 Å². The molecule has 1 aliphatic rings. The molecule has 6 nitrogen and oxygen atoms in total. The zero-order valence-corrected chi connectivity index (χ0v) is 12.8. The van der Waals surface area contributed by atoms with E-state index in [2.05, 4.69) is 34.4 Å². The number of aromatic nitrogens is 1. The first-order chi connectivity index (χ1) is 10.1. The van der Waals surface area contributed by atoms with Crippen LogP contribution in [0.5, 0.6) is 0 Å². The first-order valence-electron chi connectivity index (χ1n) is 7.46. The molecule has 0 spiro atoms. The van der Waals surface area contributed by atoms with Crippen molar-refractivity contribution in [3.8, 4) is 0 Å². The van der Waals surface area contributed by atoms with E-state index < -0.39 is 0 Å². The van der Waals surface area contributed by atoms with Gasteiger partial charge in [-0.2, -0.15) is 0 Å². The molecule has 2 N–H and O–H groups in total. The molecule has 1 fully saturated rings. The summed E-state index contributed by atoms with van der Waals surface area (Å²) in [4.78, 5) is 18.5. The molecule has 1 aromatic heterocycles. The molecule has 0 bridgehead atoms. The molecule has 1 aromatic rings. The summed E-state index contributed by atoms with van der Waals surface area (Å²) < 4.78 is 5.30. The second kappa shape index (κ2) is 7.95. The third kappa shape index (κ3) is 5.32. The minimum absolute atomic E-state index is 0.129. The average molecular weight is 292 g/mol. The van der Waals surface area contributed by atoms with E-state index in [0.717, 1.165) is 38.5 Å². The Balaban J connectivity index is 1.79. The molecule has 0 saturated carbocycles. The highest BCUT2D eigenvalue weighted by Crippen LogP contribution is 2.09. The summed E-state index contributed by atoms with van der Waals surface area (Å²) in [7, 11) is 0. The fourth-order valence-electron chi connectivity index (χ4n) is 2.22. The number of anilines is 1. The van der Waals surface area contributed by atoms with Gasteiger partial charge in [-0.25, -0.2) is 0 Å². The summed E-state index contributed by atoms with van der Waals surface area (Å²) in [5.74, 6) is -0.129. The zero-order valence-electron chi connectivity index (χ0n) is 12.8. The van der Waals surface area contributed by atoms with Gasteiger partial charge in [0.1, 0.15) is 5.69 Å². The molecule has 1 saturated heterocycles. The van der Waals surface area contributed by atoms with Crippen LogP contribution in [0, 0.1) is 0 Å². The number of rotatable bonds is 6. The molecule has 6 heteroatoms. The lowest BCUT2D eigenvalue weighted by molar-refractivity contribution is 0.0383. The summed E-state index contributed by atoms with van der Waals surface area (Å²) in [6.07, 6.45) is 1.65. The third-order valence-electron chi connectivity index (χ3n) is 3.27. The predicted molar refractivity (Wildman–Crippen MR) is 82.6 cm³/mol. The number of morpholine rings is 1. The van der Waals surface area contributed by atoms with Crippen LogP contribution in [0.1, 0.15) is 24.3 Å². The lowest BCUT2D eigenvalue weighted by Crippen LogP contribution is -2.41. The summed E-state index contributed by atoms with van der Waals surface area (Å²) in [5.41, 5.74) is 1.36. The van der Waals surface area contributed by atoms with E-state index in [0.29, 0.717) is 18.3 Å². The van der Waals surface area contributed by atoms with E-state index >= 15 is 0 Å². The Kier molecular flexibility index (Phi) is 5.95. The highest BCUT2D eigenvalue weighted by molar-refractivity contribution is 5.93. The Morgan fingerprint density at radius 3 is 2.90 bits per heavy atom. The van der Waals surface area contributed by atoms with Crippen molar-refractivity contribution >= 4 is 11.6 Å². The standard InChI is InChI=1S/C15H24N4O2/c1-12(2)18-13-3-4-16-14(11-13)15(20)17-5-6-19-7-9-21-10-8-19/h3-4,11-12H,5-10H2,1-2H3,(H,16,18)(H,17,20). The number of pyridine rings is 1. The van der Waals surface area contributed by atoms with Gasteiger partial charge in [-0.15, -0.1) is 0 Å². The van der Waals surface area contributed by atoms with Crippen molar-refractivity contribution in [2.45, 2.75) is 19.9 Å². The average Bonchev–Trinajstić information content (AvgIpc) is 2.48. The van der Waals surface area contributed by atoms with Gasteiger partial charge in [0.2, 0.25) is 0 Å². The minimum atomic E-state index is -0.129. The van der Waals surface area contributed by atoms with Crippen LogP contribution in [0.4, 0.5) is 5.69 Å². The molecule has 1 aliphatic heterocycles. The van der Waals surface area contributed by atoms with E-state index in [-0.39, 0.29) is 5.91 Å². The number of carbonyl (C=O) groups excluding carboxylic acids is 1. The van der Waals surface area contributed by atoms with Gasteiger partial charge in [-0.1, -0.05) is 0 Å². The number of ether oxygens (including phenoxy) is 1. The summed E-state index contributed by atoms with van der Waals surface area (Å²) in [6.45, 7) is 9.01. The Labute approximate surface area is 125 Å². The molecular formula is C15H24N4O2. The summed E-state index contributed by atoms with van der Waals surface area (Å²) in [5, 5.41) is 6.18. The van der Waals surface area contributed by atoms with Crippen molar-refractivity contribution in [1.29, 1.82) is 0 Å². The molecular weight excluding hydrogens is 268 g/mol.